The lowest BCUT2D eigenvalue weighted by atomic mass is 9.90. The quantitative estimate of drug-likeness (QED) is 0.333. The maximum atomic E-state index is 12.6. The number of thiazole rings is 1. The summed E-state index contributed by atoms with van der Waals surface area (Å²) in [6, 6.07) is 18.7. The minimum atomic E-state index is -1.06. The van der Waals surface area contributed by atoms with Gasteiger partial charge >= 0.3 is 6.03 Å². The first-order valence-electron chi connectivity index (χ1n) is 11.5. The van der Waals surface area contributed by atoms with E-state index < -0.39 is 5.97 Å². The van der Waals surface area contributed by atoms with Crippen LogP contribution in [0.15, 0.2) is 60.7 Å². The number of aryl methyl sites for hydroxylation is 1. The topological polar surface area (TPSA) is 123 Å². The average Bonchev–Trinajstić information content (AvgIpc) is 3.22. The summed E-state index contributed by atoms with van der Waals surface area (Å²) in [7, 11) is 0. The van der Waals surface area contributed by atoms with Crippen molar-refractivity contribution in [3.05, 3.63) is 82.4 Å². The maximum absolute atomic E-state index is 12.6. The highest BCUT2D eigenvalue weighted by Gasteiger charge is 2.17. The number of nitrogens with one attached hydrogen (secondary N) is 3. The first-order valence-corrected chi connectivity index (χ1v) is 12.3. The van der Waals surface area contributed by atoms with E-state index in [1.165, 1.54) is 0 Å². The number of rotatable bonds is 12. The molecule has 1 unspecified atom stereocenters. The smallest absolute Gasteiger partial charge is 0.321 e. The van der Waals surface area contributed by atoms with Crippen LogP contribution in [0.5, 0.6) is 0 Å². The van der Waals surface area contributed by atoms with Gasteiger partial charge in [0, 0.05) is 19.1 Å². The Morgan fingerprint density at radius 2 is 1.66 bits per heavy atom. The number of carboxylic acids is 1. The molecule has 9 heteroatoms. The molecule has 8 nitrogen and oxygen atoms in total. The number of benzene rings is 2. The van der Waals surface area contributed by atoms with Gasteiger partial charge in [0.15, 0.2) is 5.13 Å². The second-order valence-electron chi connectivity index (χ2n) is 8.16. The molecule has 3 aromatic rings. The number of carboxylic acid groups (broad SMARTS) is 1. The molecule has 0 aliphatic carbocycles. The van der Waals surface area contributed by atoms with Gasteiger partial charge in [-0.15, -0.1) is 0 Å². The molecule has 0 radical (unpaired) electrons. The van der Waals surface area contributed by atoms with Crippen molar-refractivity contribution in [2.75, 3.05) is 11.9 Å². The summed E-state index contributed by atoms with van der Waals surface area (Å²) < 4.78 is 0. The zero-order chi connectivity index (χ0) is 25.0. The Bertz CT molecular complexity index is 1120. The van der Waals surface area contributed by atoms with Crippen LogP contribution in [0.25, 0.3) is 0 Å². The second kappa shape index (κ2) is 13.2. The molecule has 0 spiro atoms. The van der Waals surface area contributed by atoms with Gasteiger partial charge in [0.05, 0.1) is 5.69 Å². The van der Waals surface area contributed by atoms with Crippen LogP contribution in [0.2, 0.25) is 0 Å². The Kier molecular flexibility index (Phi) is 9.80. The van der Waals surface area contributed by atoms with E-state index in [1.54, 1.807) is 6.92 Å². The Morgan fingerprint density at radius 1 is 0.971 bits per heavy atom. The average molecular weight is 494 g/mol. The summed E-state index contributed by atoms with van der Waals surface area (Å²) in [5.74, 6) is -1.42. The molecule has 1 atom stereocenters. The summed E-state index contributed by atoms with van der Waals surface area (Å²) in [6.45, 7) is 2.57. The van der Waals surface area contributed by atoms with Crippen LogP contribution in [0, 0.1) is 6.92 Å². The highest BCUT2D eigenvalue weighted by atomic mass is 32.1. The predicted molar refractivity (Wildman–Crippen MR) is 134 cm³/mol. The van der Waals surface area contributed by atoms with Gasteiger partial charge in [0.25, 0.3) is 5.91 Å². The van der Waals surface area contributed by atoms with Gasteiger partial charge in [-0.3, -0.25) is 10.1 Å². The zero-order valence-corrected chi connectivity index (χ0v) is 20.4. The number of hydrogen-bond acceptors (Lipinski definition) is 6. The van der Waals surface area contributed by atoms with Crippen molar-refractivity contribution in [1.82, 2.24) is 15.6 Å². The SMILES string of the molecule is Cc1nc(NC(=O)NCc2ccccc2)sc1C(=O)NCCCCC(CC(=O)[O-])c1ccccc1. The van der Waals surface area contributed by atoms with Crippen LogP contribution >= 0.6 is 11.3 Å². The van der Waals surface area contributed by atoms with Crippen LogP contribution < -0.4 is 21.1 Å². The minimum Gasteiger partial charge on any atom is -0.550 e. The summed E-state index contributed by atoms with van der Waals surface area (Å²) in [6.07, 6.45) is 2.15. The Morgan fingerprint density at radius 3 is 2.34 bits per heavy atom. The van der Waals surface area contributed by atoms with E-state index in [1.807, 2.05) is 60.7 Å². The fourth-order valence-corrected chi connectivity index (χ4v) is 4.57. The molecule has 35 heavy (non-hydrogen) atoms. The molecule has 0 saturated heterocycles. The van der Waals surface area contributed by atoms with E-state index in [4.69, 9.17) is 0 Å². The summed E-state index contributed by atoms with van der Waals surface area (Å²) >= 11 is 1.12. The van der Waals surface area contributed by atoms with Gasteiger partial charge in [0.1, 0.15) is 4.88 Å². The molecular weight excluding hydrogens is 464 g/mol. The van der Waals surface area contributed by atoms with Gasteiger partial charge in [-0.05, 0) is 43.2 Å². The number of aromatic nitrogens is 1. The van der Waals surface area contributed by atoms with Crippen LogP contribution in [0.3, 0.4) is 0 Å². The third kappa shape index (κ3) is 8.53. The van der Waals surface area contributed by atoms with E-state index in [0.29, 0.717) is 41.6 Å². The van der Waals surface area contributed by atoms with Gasteiger partial charge in [-0.2, -0.15) is 0 Å². The van der Waals surface area contributed by atoms with E-state index >= 15 is 0 Å². The first kappa shape index (κ1) is 25.9. The van der Waals surface area contributed by atoms with Crippen molar-refractivity contribution < 1.29 is 19.5 Å². The highest BCUT2D eigenvalue weighted by Crippen LogP contribution is 2.25. The third-order valence-electron chi connectivity index (χ3n) is 5.47. The second-order valence-corrected chi connectivity index (χ2v) is 9.16. The molecule has 2 aromatic carbocycles. The molecule has 0 saturated carbocycles. The lowest BCUT2D eigenvalue weighted by Gasteiger charge is -2.18. The number of aliphatic carboxylic acids is 1. The van der Waals surface area contributed by atoms with Crippen LogP contribution in [0.4, 0.5) is 9.93 Å². The first-order chi connectivity index (χ1) is 16.9. The van der Waals surface area contributed by atoms with Gasteiger partial charge in [-0.25, -0.2) is 9.78 Å². The molecule has 1 aromatic heterocycles. The number of carbonyl (C=O) groups excluding carboxylic acids is 3. The van der Waals surface area contributed by atoms with Crippen molar-refractivity contribution in [3.8, 4) is 0 Å². The maximum Gasteiger partial charge on any atom is 0.321 e. The van der Waals surface area contributed by atoms with Crippen LogP contribution in [-0.4, -0.2) is 29.4 Å². The van der Waals surface area contributed by atoms with Gasteiger partial charge in [0.2, 0.25) is 0 Å². The van der Waals surface area contributed by atoms with Crippen LogP contribution in [-0.2, 0) is 11.3 Å². The molecule has 3 rings (SSSR count). The van der Waals surface area contributed by atoms with E-state index in [0.717, 1.165) is 28.9 Å². The number of urea groups is 1. The largest absolute Gasteiger partial charge is 0.550 e. The fourth-order valence-electron chi connectivity index (χ4n) is 3.69. The molecule has 0 bridgehead atoms. The molecular formula is C26H29N4O4S-. The third-order valence-corrected chi connectivity index (χ3v) is 6.54. The predicted octanol–water partition coefficient (Wildman–Crippen LogP) is 3.60. The normalized spacial score (nSPS) is 11.5. The minimum absolute atomic E-state index is 0.0227. The Balaban J connectivity index is 1.42. The van der Waals surface area contributed by atoms with Gasteiger partial charge < -0.3 is 20.5 Å². The molecule has 184 valence electrons. The molecule has 3 N–H and O–H groups in total. The molecule has 0 aliphatic rings. The molecule has 0 aliphatic heterocycles. The molecule has 1 heterocycles. The summed E-state index contributed by atoms with van der Waals surface area (Å²) in [5, 5.41) is 19.8. The standard InChI is InChI=1S/C26H30N4O4S/c1-18-23(35-26(29-18)30-25(34)28-17-19-10-4-2-5-11-19)24(33)27-15-9-8-14-21(16-22(31)32)20-12-6-3-7-13-20/h2-7,10-13,21H,8-9,14-17H2,1H3,(H,27,33)(H,31,32)(H2,28,29,30,34)/p-1. The van der Waals surface area contributed by atoms with Gasteiger partial charge in [-0.1, -0.05) is 78.4 Å². The van der Waals surface area contributed by atoms with Crippen molar-refractivity contribution in [1.29, 1.82) is 0 Å². The number of anilines is 1. The van der Waals surface area contributed by atoms with E-state index in [-0.39, 0.29) is 24.3 Å². The van der Waals surface area contributed by atoms with Crippen LogP contribution in [0.1, 0.15) is 58.1 Å². The Labute approximate surface area is 208 Å². The number of hydrogen-bond donors (Lipinski definition) is 3. The number of nitrogens with zero attached hydrogens (tertiary/aromatic N) is 1. The van der Waals surface area contributed by atoms with Crippen molar-refractivity contribution in [2.24, 2.45) is 0 Å². The van der Waals surface area contributed by atoms with E-state index in [9.17, 15) is 19.5 Å². The number of carbonyl (C=O) groups is 3. The van der Waals surface area contributed by atoms with Crippen molar-refractivity contribution in [2.45, 2.75) is 45.1 Å². The van der Waals surface area contributed by atoms with E-state index in [2.05, 4.69) is 20.9 Å². The highest BCUT2D eigenvalue weighted by molar-refractivity contribution is 7.17. The summed E-state index contributed by atoms with van der Waals surface area (Å²) in [5.41, 5.74) is 2.51. The lowest BCUT2D eigenvalue weighted by Crippen LogP contribution is -2.28. The van der Waals surface area contributed by atoms with Crippen molar-refractivity contribution >= 4 is 34.4 Å². The number of unbranched alkanes of at least 4 members (excludes halogenated alkanes) is 1. The number of amides is 3. The zero-order valence-electron chi connectivity index (χ0n) is 19.6. The van der Waals surface area contributed by atoms with Crippen molar-refractivity contribution in [3.63, 3.8) is 0 Å². The monoisotopic (exact) mass is 493 g/mol. The Hall–Kier alpha value is -3.72. The lowest BCUT2D eigenvalue weighted by molar-refractivity contribution is -0.306. The summed E-state index contributed by atoms with van der Waals surface area (Å²) in [4.78, 5) is 40.6. The molecule has 3 amide bonds. The molecule has 0 fully saturated rings. The fraction of sp³-hybridized carbons (Fsp3) is 0.308.